The number of hydrogen-bond donors (Lipinski definition) is 3. The predicted octanol–water partition coefficient (Wildman–Crippen LogP) is 0.969. The summed E-state index contributed by atoms with van der Waals surface area (Å²) in [6.45, 7) is 0. The zero-order valence-electron chi connectivity index (χ0n) is 8.06. The first-order valence-corrected chi connectivity index (χ1v) is 3.53. The molecule has 0 atom stereocenters. The fourth-order valence-corrected chi connectivity index (χ4v) is 0.453. The van der Waals surface area contributed by atoms with Crippen molar-refractivity contribution in [2.45, 2.75) is 0 Å². The van der Waals surface area contributed by atoms with Crippen LogP contribution >= 0.6 is 0 Å². The minimum atomic E-state index is 0.169. The molecular weight excluding hydrogens is 172 g/mol. The average Bonchev–Trinajstić information content (AvgIpc) is 2.15. The second-order valence-electron chi connectivity index (χ2n) is 1.92. The summed E-state index contributed by atoms with van der Waals surface area (Å²) >= 11 is 0. The van der Waals surface area contributed by atoms with E-state index < -0.39 is 0 Å². The van der Waals surface area contributed by atoms with Gasteiger partial charge in [0.25, 0.3) is 0 Å². The summed E-state index contributed by atoms with van der Waals surface area (Å²) in [5.74, 6) is 0.339. The van der Waals surface area contributed by atoms with Crippen LogP contribution in [0.2, 0.25) is 0 Å². The van der Waals surface area contributed by atoms with Gasteiger partial charge in [0, 0.05) is 21.3 Å². The molecule has 0 aliphatic rings. The van der Waals surface area contributed by atoms with Crippen molar-refractivity contribution in [2.75, 3.05) is 21.3 Å². The van der Waals surface area contributed by atoms with Crippen molar-refractivity contribution in [1.29, 1.82) is 0 Å². The van der Waals surface area contributed by atoms with E-state index in [0.29, 0.717) is 0 Å². The average molecular weight is 188 g/mol. The number of ether oxygens (including phenoxy) is 1. The van der Waals surface area contributed by atoms with Crippen LogP contribution in [0.25, 0.3) is 0 Å². The first kappa shape index (κ1) is 14.3. The number of aliphatic hydroxyl groups excluding tert-OH is 1. The van der Waals surface area contributed by atoms with Crippen LogP contribution in [0, 0.1) is 0 Å². The number of benzene rings is 1. The van der Waals surface area contributed by atoms with Crippen LogP contribution in [0.15, 0.2) is 24.3 Å². The number of methoxy groups -OCH3 is 1. The highest BCUT2D eigenvalue weighted by Gasteiger charge is 1.84. The molecule has 0 aliphatic heterocycles. The van der Waals surface area contributed by atoms with Crippen molar-refractivity contribution in [1.82, 2.24) is 0 Å². The predicted molar refractivity (Wildman–Crippen MR) is 50.8 cm³/mol. The van der Waals surface area contributed by atoms with Gasteiger partial charge in [0.1, 0.15) is 11.5 Å². The van der Waals surface area contributed by atoms with E-state index >= 15 is 0 Å². The molecule has 0 heterocycles. The monoisotopic (exact) mass is 188 g/mol. The van der Waals surface area contributed by atoms with Gasteiger partial charge in [-0.3, -0.25) is 0 Å². The summed E-state index contributed by atoms with van der Waals surface area (Å²) < 4.78 is 4.25. The van der Waals surface area contributed by atoms with Crippen LogP contribution in [0.4, 0.5) is 0 Å². The Kier molecular flexibility index (Phi) is 11.8. The topological polar surface area (TPSA) is 69.9 Å². The lowest BCUT2D eigenvalue weighted by Gasteiger charge is -1.88. The van der Waals surface area contributed by atoms with E-state index in [1.165, 1.54) is 24.3 Å². The van der Waals surface area contributed by atoms with Crippen LogP contribution in [0.3, 0.4) is 0 Å². The van der Waals surface area contributed by atoms with Crippen molar-refractivity contribution < 1.29 is 20.1 Å². The molecule has 1 rings (SSSR count). The Morgan fingerprint density at radius 2 is 1.00 bits per heavy atom. The third-order valence-electron chi connectivity index (χ3n) is 0.850. The molecule has 0 spiro atoms. The highest BCUT2D eigenvalue weighted by Crippen LogP contribution is 2.13. The maximum Gasteiger partial charge on any atom is 0.115 e. The van der Waals surface area contributed by atoms with Gasteiger partial charge in [-0.25, -0.2) is 0 Å². The van der Waals surface area contributed by atoms with Crippen molar-refractivity contribution >= 4 is 0 Å². The van der Waals surface area contributed by atoms with E-state index in [-0.39, 0.29) is 11.5 Å². The molecule has 1 aromatic rings. The van der Waals surface area contributed by atoms with Crippen LogP contribution in [-0.4, -0.2) is 36.6 Å². The zero-order valence-corrected chi connectivity index (χ0v) is 8.06. The number of phenols is 2. The van der Waals surface area contributed by atoms with E-state index in [1.54, 1.807) is 14.2 Å². The first-order valence-electron chi connectivity index (χ1n) is 3.53. The van der Waals surface area contributed by atoms with Crippen molar-refractivity contribution in [2.24, 2.45) is 0 Å². The molecule has 0 bridgehead atoms. The quantitative estimate of drug-likeness (QED) is 0.530. The van der Waals surface area contributed by atoms with Gasteiger partial charge in [0.15, 0.2) is 0 Å². The Bertz CT molecular complexity index is 162. The smallest absolute Gasteiger partial charge is 0.115 e. The van der Waals surface area contributed by atoms with Gasteiger partial charge in [-0.05, 0) is 24.3 Å². The van der Waals surface area contributed by atoms with Crippen LogP contribution in [-0.2, 0) is 4.74 Å². The van der Waals surface area contributed by atoms with Gasteiger partial charge in [-0.15, -0.1) is 0 Å². The van der Waals surface area contributed by atoms with Crippen LogP contribution < -0.4 is 0 Å². The third kappa shape index (κ3) is 10.7. The molecule has 0 unspecified atom stereocenters. The Morgan fingerprint density at radius 1 is 0.846 bits per heavy atom. The Hall–Kier alpha value is -1.26. The molecule has 0 aromatic heterocycles. The summed E-state index contributed by atoms with van der Waals surface area (Å²) in [6.07, 6.45) is 0. The summed E-state index contributed by atoms with van der Waals surface area (Å²) in [7, 11) is 4.25. The molecule has 0 radical (unpaired) electrons. The van der Waals surface area contributed by atoms with Gasteiger partial charge in [0.05, 0.1) is 0 Å². The number of rotatable bonds is 0. The van der Waals surface area contributed by atoms with E-state index in [9.17, 15) is 0 Å². The molecule has 4 nitrogen and oxygen atoms in total. The summed E-state index contributed by atoms with van der Waals surface area (Å²) in [5, 5.41) is 24.3. The molecule has 13 heavy (non-hydrogen) atoms. The first-order chi connectivity index (χ1) is 6.20. The number of hydrogen-bond acceptors (Lipinski definition) is 4. The fourth-order valence-electron chi connectivity index (χ4n) is 0.453. The second kappa shape index (κ2) is 10.7. The van der Waals surface area contributed by atoms with Gasteiger partial charge in [-0.1, -0.05) is 0 Å². The lowest BCUT2D eigenvalue weighted by molar-refractivity contribution is 0.277. The molecule has 0 saturated heterocycles. The normalized spacial score (nSPS) is 7.38. The third-order valence-corrected chi connectivity index (χ3v) is 0.850. The van der Waals surface area contributed by atoms with Gasteiger partial charge >= 0.3 is 0 Å². The summed E-state index contributed by atoms with van der Waals surface area (Å²) in [5.41, 5.74) is 0. The molecule has 76 valence electrons. The number of aromatic hydroxyl groups is 2. The molecule has 4 heteroatoms. The van der Waals surface area contributed by atoms with E-state index in [1.807, 2.05) is 0 Å². The molecule has 0 saturated carbocycles. The SMILES string of the molecule is CO.COC.Oc1ccc(O)cc1. The maximum absolute atomic E-state index is 8.65. The maximum atomic E-state index is 8.65. The lowest BCUT2D eigenvalue weighted by Crippen LogP contribution is -1.61. The molecule has 0 amide bonds. The lowest BCUT2D eigenvalue weighted by atomic mass is 10.3. The van der Waals surface area contributed by atoms with Gasteiger partial charge in [0.2, 0.25) is 0 Å². The van der Waals surface area contributed by atoms with E-state index in [4.69, 9.17) is 15.3 Å². The Balaban J connectivity index is 0. The molecule has 1 aromatic carbocycles. The van der Waals surface area contributed by atoms with Gasteiger partial charge in [-0.2, -0.15) is 0 Å². The molecule has 3 N–H and O–H groups in total. The molecule has 0 fully saturated rings. The highest BCUT2D eigenvalue weighted by atomic mass is 16.4. The fraction of sp³-hybridized carbons (Fsp3) is 0.333. The Labute approximate surface area is 78.0 Å². The minimum absolute atomic E-state index is 0.169. The second-order valence-corrected chi connectivity index (χ2v) is 1.92. The summed E-state index contributed by atoms with van der Waals surface area (Å²) in [6, 6.07) is 5.70. The summed E-state index contributed by atoms with van der Waals surface area (Å²) in [4.78, 5) is 0. The minimum Gasteiger partial charge on any atom is -0.508 e. The largest absolute Gasteiger partial charge is 0.508 e. The molecular formula is C9H16O4. The van der Waals surface area contributed by atoms with Crippen LogP contribution in [0.1, 0.15) is 0 Å². The van der Waals surface area contributed by atoms with Crippen molar-refractivity contribution in [3.63, 3.8) is 0 Å². The van der Waals surface area contributed by atoms with Gasteiger partial charge < -0.3 is 20.1 Å². The highest BCUT2D eigenvalue weighted by molar-refractivity contribution is 5.28. The zero-order chi connectivity index (χ0) is 10.7. The number of phenolic OH excluding ortho intramolecular Hbond substituents is 2. The van der Waals surface area contributed by atoms with Crippen molar-refractivity contribution in [3.05, 3.63) is 24.3 Å². The number of aliphatic hydroxyl groups is 1. The van der Waals surface area contributed by atoms with E-state index in [2.05, 4.69) is 4.74 Å². The standard InChI is InChI=1S/C6H6O2.C2H6O.CH4O/c7-5-1-2-6(8)4-3-5;1-3-2;1-2/h1-4,7-8H;1-2H3;2H,1H3. The Morgan fingerprint density at radius 3 is 1.15 bits per heavy atom. The molecule has 0 aliphatic carbocycles. The van der Waals surface area contributed by atoms with Crippen LogP contribution in [0.5, 0.6) is 11.5 Å². The van der Waals surface area contributed by atoms with E-state index in [0.717, 1.165) is 7.11 Å². The van der Waals surface area contributed by atoms with Crippen molar-refractivity contribution in [3.8, 4) is 11.5 Å².